The van der Waals surface area contributed by atoms with Crippen LogP contribution < -0.4 is 5.32 Å². The molecule has 0 aliphatic heterocycles. The molecule has 0 atom stereocenters. The van der Waals surface area contributed by atoms with Crippen molar-refractivity contribution in [3.8, 4) is 0 Å². The van der Waals surface area contributed by atoms with Gasteiger partial charge in [-0.1, -0.05) is 23.8 Å². The molecule has 0 unspecified atom stereocenters. The summed E-state index contributed by atoms with van der Waals surface area (Å²) in [6.07, 6.45) is 3.41. The van der Waals surface area contributed by atoms with Crippen LogP contribution in [0.2, 0.25) is 0 Å². The minimum atomic E-state index is -0.119. The van der Waals surface area contributed by atoms with Crippen LogP contribution in [0.15, 0.2) is 48.5 Å². The Kier molecular flexibility index (Phi) is 4.95. The van der Waals surface area contributed by atoms with Gasteiger partial charge in [0.1, 0.15) is 0 Å². The predicted molar refractivity (Wildman–Crippen MR) is 92.7 cm³/mol. The van der Waals surface area contributed by atoms with E-state index in [0.29, 0.717) is 0 Å². The second-order valence-corrected chi connectivity index (χ2v) is 5.94. The maximum atomic E-state index is 11.8. The molecule has 0 bridgehead atoms. The lowest BCUT2D eigenvalue weighted by Crippen LogP contribution is -2.07. The quantitative estimate of drug-likeness (QED) is 0.617. The van der Waals surface area contributed by atoms with Crippen LogP contribution in [0, 0.1) is 17.4 Å². The third-order valence-electron chi connectivity index (χ3n) is 2.95. The summed E-state index contributed by atoms with van der Waals surface area (Å²) in [7, 11) is 0. The van der Waals surface area contributed by atoms with Gasteiger partial charge in [-0.05, 0) is 77.9 Å². The predicted octanol–water partition coefficient (Wildman–Crippen LogP) is 4.56. The van der Waals surface area contributed by atoms with Crippen molar-refractivity contribution in [2.45, 2.75) is 13.8 Å². The summed E-state index contributed by atoms with van der Waals surface area (Å²) in [6.45, 7) is 4.10. The molecule has 2 aromatic rings. The van der Waals surface area contributed by atoms with Crippen LogP contribution in [0.25, 0.3) is 6.08 Å². The van der Waals surface area contributed by atoms with Crippen molar-refractivity contribution in [1.29, 1.82) is 0 Å². The van der Waals surface area contributed by atoms with Crippen molar-refractivity contribution >= 4 is 40.3 Å². The smallest absolute Gasteiger partial charge is 0.248 e. The van der Waals surface area contributed by atoms with Crippen LogP contribution in [0.1, 0.15) is 16.7 Å². The van der Waals surface area contributed by atoms with Crippen molar-refractivity contribution < 1.29 is 4.79 Å². The first-order valence-electron chi connectivity index (χ1n) is 6.36. The number of carbonyl (C=O) groups excluding carboxylic acids is 1. The summed E-state index contributed by atoms with van der Waals surface area (Å²) >= 11 is 2.23. The summed E-state index contributed by atoms with van der Waals surface area (Å²) in [5.74, 6) is -0.119. The number of aryl methyl sites for hydroxylation is 2. The van der Waals surface area contributed by atoms with Crippen molar-refractivity contribution in [2.24, 2.45) is 0 Å². The maximum Gasteiger partial charge on any atom is 0.248 e. The van der Waals surface area contributed by atoms with Gasteiger partial charge in [0, 0.05) is 15.3 Å². The third kappa shape index (κ3) is 4.20. The fourth-order valence-electron chi connectivity index (χ4n) is 1.90. The number of rotatable bonds is 3. The van der Waals surface area contributed by atoms with Crippen LogP contribution in [-0.2, 0) is 4.79 Å². The lowest BCUT2D eigenvalue weighted by molar-refractivity contribution is -0.111. The molecule has 20 heavy (non-hydrogen) atoms. The van der Waals surface area contributed by atoms with Gasteiger partial charge in [-0.15, -0.1) is 0 Å². The van der Waals surface area contributed by atoms with Gasteiger partial charge in [0.25, 0.3) is 0 Å². The minimum absolute atomic E-state index is 0.119. The lowest BCUT2D eigenvalue weighted by atomic mass is 10.1. The summed E-state index contributed by atoms with van der Waals surface area (Å²) in [5.41, 5.74) is 4.26. The molecule has 3 heteroatoms. The molecule has 0 radical (unpaired) electrons. The normalized spacial score (nSPS) is 10.8. The highest BCUT2D eigenvalue weighted by atomic mass is 127. The average molecular weight is 377 g/mol. The number of anilines is 1. The Morgan fingerprint density at radius 1 is 1.10 bits per heavy atom. The molecular weight excluding hydrogens is 361 g/mol. The van der Waals surface area contributed by atoms with E-state index in [4.69, 9.17) is 0 Å². The highest BCUT2D eigenvalue weighted by molar-refractivity contribution is 14.1. The first kappa shape index (κ1) is 14.8. The van der Waals surface area contributed by atoms with E-state index < -0.39 is 0 Å². The van der Waals surface area contributed by atoms with E-state index in [9.17, 15) is 4.79 Å². The van der Waals surface area contributed by atoms with Crippen molar-refractivity contribution in [2.75, 3.05) is 5.32 Å². The molecule has 0 fully saturated rings. The van der Waals surface area contributed by atoms with Gasteiger partial charge >= 0.3 is 0 Å². The molecule has 0 aliphatic rings. The van der Waals surface area contributed by atoms with E-state index in [1.807, 2.05) is 49.4 Å². The SMILES string of the molecule is Cc1ccc(/C=C/C(=O)Nc2ccc(I)cc2)c(C)c1. The summed E-state index contributed by atoms with van der Waals surface area (Å²) in [4.78, 5) is 11.8. The molecule has 0 aliphatic carbocycles. The Bertz CT molecular complexity index is 645. The summed E-state index contributed by atoms with van der Waals surface area (Å²) in [6, 6.07) is 13.9. The molecule has 0 saturated carbocycles. The molecule has 1 N–H and O–H groups in total. The molecule has 2 nitrogen and oxygen atoms in total. The van der Waals surface area contributed by atoms with Gasteiger partial charge in [-0.2, -0.15) is 0 Å². The van der Waals surface area contributed by atoms with Crippen LogP contribution >= 0.6 is 22.6 Å². The molecular formula is C17H16INO. The topological polar surface area (TPSA) is 29.1 Å². The summed E-state index contributed by atoms with van der Waals surface area (Å²) < 4.78 is 1.14. The van der Waals surface area contributed by atoms with E-state index in [0.717, 1.165) is 14.8 Å². The Hall–Kier alpha value is -1.62. The second kappa shape index (κ2) is 6.70. The van der Waals surface area contributed by atoms with Crippen LogP contribution in [0.3, 0.4) is 0 Å². The van der Waals surface area contributed by atoms with Crippen molar-refractivity contribution in [1.82, 2.24) is 0 Å². The van der Waals surface area contributed by atoms with E-state index in [1.54, 1.807) is 6.08 Å². The van der Waals surface area contributed by atoms with Crippen molar-refractivity contribution in [3.05, 3.63) is 68.8 Å². The molecule has 1 amide bonds. The highest BCUT2D eigenvalue weighted by Gasteiger charge is 1.99. The monoisotopic (exact) mass is 377 g/mol. The van der Waals surface area contributed by atoms with Gasteiger partial charge < -0.3 is 5.32 Å². The summed E-state index contributed by atoms with van der Waals surface area (Å²) in [5, 5.41) is 2.84. The average Bonchev–Trinajstić information content (AvgIpc) is 2.40. The highest BCUT2D eigenvalue weighted by Crippen LogP contribution is 2.13. The lowest BCUT2D eigenvalue weighted by Gasteiger charge is -2.03. The first-order valence-corrected chi connectivity index (χ1v) is 7.44. The Morgan fingerprint density at radius 3 is 2.45 bits per heavy atom. The number of benzene rings is 2. The number of hydrogen-bond acceptors (Lipinski definition) is 1. The second-order valence-electron chi connectivity index (χ2n) is 4.69. The Morgan fingerprint density at radius 2 is 1.80 bits per heavy atom. The zero-order valence-corrected chi connectivity index (χ0v) is 13.6. The number of halogens is 1. The fourth-order valence-corrected chi connectivity index (χ4v) is 2.25. The van der Waals surface area contributed by atoms with Gasteiger partial charge in [0.15, 0.2) is 0 Å². The zero-order chi connectivity index (χ0) is 14.5. The number of carbonyl (C=O) groups is 1. The molecule has 2 aromatic carbocycles. The number of nitrogens with one attached hydrogen (secondary N) is 1. The van der Waals surface area contributed by atoms with Gasteiger partial charge in [0.2, 0.25) is 5.91 Å². The van der Waals surface area contributed by atoms with Gasteiger partial charge in [0.05, 0.1) is 0 Å². The standard InChI is InChI=1S/C17H16INO/c1-12-3-4-14(13(2)11-12)5-10-17(20)19-16-8-6-15(18)7-9-16/h3-11H,1-2H3,(H,19,20)/b10-5+. The minimum Gasteiger partial charge on any atom is -0.323 e. The fraction of sp³-hybridized carbons (Fsp3) is 0.118. The zero-order valence-electron chi connectivity index (χ0n) is 11.5. The Labute approximate surface area is 133 Å². The van der Waals surface area contributed by atoms with E-state index in [-0.39, 0.29) is 5.91 Å². The van der Waals surface area contributed by atoms with E-state index in [2.05, 4.69) is 40.9 Å². The largest absolute Gasteiger partial charge is 0.323 e. The molecule has 0 aromatic heterocycles. The van der Waals surface area contributed by atoms with E-state index in [1.165, 1.54) is 11.1 Å². The van der Waals surface area contributed by atoms with Crippen molar-refractivity contribution in [3.63, 3.8) is 0 Å². The van der Waals surface area contributed by atoms with Gasteiger partial charge in [-0.25, -0.2) is 0 Å². The number of amides is 1. The van der Waals surface area contributed by atoms with Crippen LogP contribution in [-0.4, -0.2) is 5.91 Å². The third-order valence-corrected chi connectivity index (χ3v) is 3.67. The van der Waals surface area contributed by atoms with Crippen LogP contribution in [0.4, 0.5) is 5.69 Å². The molecule has 102 valence electrons. The number of hydrogen-bond donors (Lipinski definition) is 1. The molecule has 0 spiro atoms. The first-order chi connectivity index (χ1) is 9.54. The molecule has 2 rings (SSSR count). The maximum absolute atomic E-state index is 11.8. The van der Waals surface area contributed by atoms with Gasteiger partial charge in [-0.3, -0.25) is 4.79 Å². The molecule has 0 heterocycles. The molecule has 0 saturated heterocycles. The Balaban J connectivity index is 2.03. The van der Waals surface area contributed by atoms with E-state index >= 15 is 0 Å². The van der Waals surface area contributed by atoms with Crippen LogP contribution in [0.5, 0.6) is 0 Å².